The molecule has 0 aliphatic carbocycles. The molecule has 1 saturated heterocycles. The molecule has 1 unspecified atom stereocenters. The van der Waals surface area contributed by atoms with E-state index in [1.807, 2.05) is 6.07 Å². The summed E-state index contributed by atoms with van der Waals surface area (Å²) in [5.41, 5.74) is 1.60. The molecule has 132 valence electrons. The molecule has 1 atom stereocenters. The van der Waals surface area contributed by atoms with Crippen LogP contribution in [0.3, 0.4) is 0 Å². The van der Waals surface area contributed by atoms with Crippen LogP contribution in [0.1, 0.15) is 11.1 Å². The third-order valence-corrected chi connectivity index (χ3v) is 4.51. The minimum Gasteiger partial charge on any atom is -0.506 e. The molecule has 1 aliphatic heterocycles. The largest absolute Gasteiger partial charge is 0.506 e. The summed E-state index contributed by atoms with van der Waals surface area (Å²) >= 11 is 5.88. The third kappa shape index (κ3) is 4.71. The van der Waals surface area contributed by atoms with Crippen LogP contribution in [-0.2, 0) is 22.4 Å². The highest BCUT2D eigenvalue weighted by molar-refractivity contribution is 6.32. The van der Waals surface area contributed by atoms with Gasteiger partial charge >= 0.3 is 0 Å². The van der Waals surface area contributed by atoms with Gasteiger partial charge < -0.3 is 14.7 Å². The van der Waals surface area contributed by atoms with Gasteiger partial charge in [-0.15, -0.1) is 0 Å². The Hall–Kier alpha value is -2.11. The van der Waals surface area contributed by atoms with Crippen LogP contribution in [0.4, 0.5) is 4.39 Å². The Bertz CT molecular complexity index is 768. The summed E-state index contributed by atoms with van der Waals surface area (Å²) in [4.78, 5) is 14.3. The molecule has 0 saturated carbocycles. The van der Waals surface area contributed by atoms with Crippen LogP contribution in [-0.4, -0.2) is 41.7 Å². The zero-order valence-corrected chi connectivity index (χ0v) is 14.4. The van der Waals surface area contributed by atoms with Crippen LogP contribution in [0.2, 0.25) is 5.02 Å². The molecule has 0 spiro atoms. The van der Waals surface area contributed by atoms with E-state index in [0.29, 0.717) is 26.1 Å². The van der Waals surface area contributed by atoms with Crippen molar-refractivity contribution in [1.29, 1.82) is 0 Å². The molecule has 1 fully saturated rings. The fraction of sp³-hybridized carbons (Fsp3) is 0.316. The quantitative estimate of drug-likeness (QED) is 0.907. The van der Waals surface area contributed by atoms with Crippen LogP contribution in [0.5, 0.6) is 5.75 Å². The zero-order valence-electron chi connectivity index (χ0n) is 13.6. The Balaban J connectivity index is 1.60. The van der Waals surface area contributed by atoms with E-state index in [-0.39, 0.29) is 35.0 Å². The van der Waals surface area contributed by atoms with Crippen molar-refractivity contribution in [2.24, 2.45) is 0 Å². The smallest absolute Gasteiger partial charge is 0.227 e. The number of phenolic OH excluding ortho intramolecular Hbond substituents is 1. The number of morpholine rings is 1. The number of hydrogen-bond acceptors (Lipinski definition) is 3. The number of carbonyl (C=O) groups is 1. The first-order valence-electron chi connectivity index (χ1n) is 8.12. The van der Waals surface area contributed by atoms with Crippen LogP contribution >= 0.6 is 11.6 Å². The Morgan fingerprint density at radius 2 is 2.12 bits per heavy atom. The lowest BCUT2D eigenvalue weighted by Gasteiger charge is -2.33. The molecular formula is C19H19ClFNO3. The van der Waals surface area contributed by atoms with Crippen molar-refractivity contribution >= 4 is 17.5 Å². The number of phenols is 1. The number of halogens is 2. The first kappa shape index (κ1) is 17.7. The average Bonchev–Trinajstić information content (AvgIpc) is 2.58. The predicted octanol–water partition coefficient (Wildman–Crippen LogP) is 3.20. The monoisotopic (exact) mass is 363 g/mol. The molecule has 0 aromatic heterocycles. The van der Waals surface area contributed by atoms with Gasteiger partial charge in [0.15, 0.2) is 0 Å². The number of rotatable bonds is 4. The molecule has 2 aromatic rings. The van der Waals surface area contributed by atoms with Crippen LogP contribution < -0.4 is 0 Å². The van der Waals surface area contributed by atoms with Gasteiger partial charge in [-0.3, -0.25) is 4.79 Å². The number of amides is 1. The molecule has 2 aromatic carbocycles. The summed E-state index contributed by atoms with van der Waals surface area (Å²) in [7, 11) is 0. The average molecular weight is 364 g/mol. The SMILES string of the molecule is O=C(Cc1ccc(O)c(Cl)c1)N1CCOC(Cc2cccc(F)c2)C1. The topological polar surface area (TPSA) is 49.8 Å². The van der Waals surface area contributed by atoms with Gasteiger partial charge in [0.2, 0.25) is 5.91 Å². The minimum absolute atomic E-state index is 0.000560. The van der Waals surface area contributed by atoms with Gasteiger partial charge in [-0.2, -0.15) is 0 Å². The molecule has 3 rings (SSSR count). The fourth-order valence-electron chi connectivity index (χ4n) is 2.94. The highest BCUT2D eigenvalue weighted by Crippen LogP contribution is 2.24. The van der Waals surface area contributed by atoms with Crippen molar-refractivity contribution < 1.29 is 19.0 Å². The highest BCUT2D eigenvalue weighted by atomic mass is 35.5. The summed E-state index contributed by atoms with van der Waals surface area (Å²) < 4.78 is 19.0. The van der Waals surface area contributed by atoms with Crippen molar-refractivity contribution in [1.82, 2.24) is 4.90 Å². The fourth-order valence-corrected chi connectivity index (χ4v) is 3.15. The van der Waals surface area contributed by atoms with Crippen molar-refractivity contribution in [3.63, 3.8) is 0 Å². The second kappa shape index (κ2) is 7.85. The molecule has 0 bridgehead atoms. The summed E-state index contributed by atoms with van der Waals surface area (Å²) in [5.74, 6) is -0.292. The molecule has 4 nitrogen and oxygen atoms in total. The summed E-state index contributed by atoms with van der Waals surface area (Å²) in [5, 5.41) is 9.68. The number of benzene rings is 2. The molecule has 25 heavy (non-hydrogen) atoms. The number of hydrogen-bond donors (Lipinski definition) is 1. The second-order valence-corrected chi connectivity index (χ2v) is 6.54. The first-order valence-corrected chi connectivity index (χ1v) is 8.50. The van der Waals surface area contributed by atoms with Gasteiger partial charge in [-0.05, 0) is 35.4 Å². The van der Waals surface area contributed by atoms with Gasteiger partial charge in [0.1, 0.15) is 11.6 Å². The predicted molar refractivity (Wildman–Crippen MR) is 93.2 cm³/mol. The van der Waals surface area contributed by atoms with Gasteiger partial charge in [0, 0.05) is 19.5 Å². The molecule has 1 N–H and O–H groups in total. The lowest BCUT2D eigenvalue weighted by atomic mass is 10.1. The first-order chi connectivity index (χ1) is 12.0. The number of carbonyl (C=O) groups excluding carboxylic acids is 1. The Morgan fingerprint density at radius 3 is 2.88 bits per heavy atom. The van der Waals surface area contributed by atoms with Crippen LogP contribution in [0.15, 0.2) is 42.5 Å². The van der Waals surface area contributed by atoms with E-state index in [4.69, 9.17) is 16.3 Å². The number of nitrogens with zero attached hydrogens (tertiary/aromatic N) is 1. The molecule has 0 radical (unpaired) electrons. The summed E-state index contributed by atoms with van der Waals surface area (Å²) in [6.07, 6.45) is 0.627. The molecular weight excluding hydrogens is 345 g/mol. The van der Waals surface area contributed by atoms with Gasteiger partial charge in [0.05, 0.1) is 24.2 Å². The lowest BCUT2D eigenvalue weighted by molar-refractivity contribution is -0.138. The van der Waals surface area contributed by atoms with Crippen LogP contribution in [0.25, 0.3) is 0 Å². The van der Waals surface area contributed by atoms with Crippen LogP contribution in [0, 0.1) is 5.82 Å². The van der Waals surface area contributed by atoms with E-state index in [2.05, 4.69) is 0 Å². The van der Waals surface area contributed by atoms with E-state index in [1.165, 1.54) is 18.2 Å². The van der Waals surface area contributed by atoms with E-state index in [0.717, 1.165) is 11.1 Å². The highest BCUT2D eigenvalue weighted by Gasteiger charge is 2.24. The molecule has 1 heterocycles. The van der Waals surface area contributed by atoms with Crippen molar-refractivity contribution in [3.8, 4) is 5.75 Å². The zero-order chi connectivity index (χ0) is 17.8. The van der Waals surface area contributed by atoms with Crippen molar-refractivity contribution in [2.45, 2.75) is 18.9 Å². The molecule has 6 heteroatoms. The van der Waals surface area contributed by atoms with E-state index < -0.39 is 0 Å². The Morgan fingerprint density at radius 1 is 1.28 bits per heavy atom. The lowest BCUT2D eigenvalue weighted by Crippen LogP contribution is -2.46. The molecule has 1 aliphatic rings. The molecule has 1 amide bonds. The normalized spacial score (nSPS) is 17.5. The maximum atomic E-state index is 13.3. The Labute approximate surface area is 150 Å². The van der Waals surface area contributed by atoms with Crippen molar-refractivity contribution in [3.05, 3.63) is 64.4 Å². The summed E-state index contributed by atoms with van der Waals surface area (Å²) in [6.45, 7) is 1.47. The van der Waals surface area contributed by atoms with Gasteiger partial charge in [0.25, 0.3) is 0 Å². The second-order valence-electron chi connectivity index (χ2n) is 6.13. The van der Waals surface area contributed by atoms with E-state index in [1.54, 1.807) is 23.1 Å². The van der Waals surface area contributed by atoms with E-state index >= 15 is 0 Å². The van der Waals surface area contributed by atoms with Gasteiger partial charge in [-0.25, -0.2) is 4.39 Å². The third-order valence-electron chi connectivity index (χ3n) is 4.21. The maximum Gasteiger partial charge on any atom is 0.227 e. The minimum atomic E-state index is -0.273. The maximum absolute atomic E-state index is 13.3. The standard InChI is InChI=1S/C19H19ClFNO3/c20-17-10-14(4-5-18(17)23)11-19(24)22-6-7-25-16(12-22)9-13-2-1-3-15(21)8-13/h1-5,8,10,16,23H,6-7,9,11-12H2. The van der Waals surface area contributed by atoms with E-state index in [9.17, 15) is 14.3 Å². The van der Waals surface area contributed by atoms with Gasteiger partial charge in [-0.1, -0.05) is 29.8 Å². The number of aromatic hydroxyl groups is 1. The number of ether oxygens (including phenoxy) is 1. The summed E-state index contributed by atoms with van der Waals surface area (Å²) in [6, 6.07) is 11.2. The van der Waals surface area contributed by atoms with Crippen molar-refractivity contribution in [2.75, 3.05) is 19.7 Å². The Kier molecular flexibility index (Phi) is 5.56.